The van der Waals surface area contributed by atoms with Gasteiger partial charge in [0.15, 0.2) is 0 Å². The molecule has 0 aromatic rings. The second-order valence-corrected chi connectivity index (χ2v) is 4.65. The van der Waals surface area contributed by atoms with Crippen LogP contribution in [0.1, 0.15) is 106 Å². The molecule has 0 saturated carbocycles. The van der Waals surface area contributed by atoms with Gasteiger partial charge in [-0.2, -0.15) is 0 Å². The molecule has 0 bridgehead atoms. The lowest BCUT2D eigenvalue weighted by molar-refractivity contribution is 0.602. The largest absolute Gasteiger partial charge is 0.0887 e. The van der Waals surface area contributed by atoms with Gasteiger partial charge in [-0.1, -0.05) is 97.6 Å². The van der Waals surface area contributed by atoms with E-state index in [2.05, 4.69) is 40.7 Å². The highest BCUT2D eigenvalue weighted by atomic mass is 13.9. The molecule has 0 nitrogen and oxygen atoms in total. The van der Waals surface area contributed by atoms with Crippen LogP contribution < -0.4 is 0 Å². The minimum absolute atomic E-state index is 1.26. The van der Waals surface area contributed by atoms with Crippen molar-refractivity contribution in [3.63, 3.8) is 0 Å². The van der Waals surface area contributed by atoms with E-state index in [0.29, 0.717) is 0 Å². The molecule has 18 heavy (non-hydrogen) atoms. The smallest absolute Gasteiger partial charge is 0.0326 e. The molecular formula is C18H40. The molecule has 0 aliphatic heterocycles. The number of hydrogen-bond donors (Lipinski definition) is 0. The molecule has 0 heterocycles. The van der Waals surface area contributed by atoms with E-state index in [9.17, 15) is 0 Å². The summed E-state index contributed by atoms with van der Waals surface area (Å²) in [7, 11) is 0. The van der Waals surface area contributed by atoms with Crippen LogP contribution in [0.4, 0.5) is 0 Å². The first-order valence-electron chi connectivity index (χ1n) is 8.34. The van der Waals surface area contributed by atoms with Crippen LogP contribution in [-0.4, -0.2) is 0 Å². The van der Waals surface area contributed by atoms with Gasteiger partial charge in [0.2, 0.25) is 0 Å². The summed E-state index contributed by atoms with van der Waals surface area (Å²) in [5.41, 5.74) is 1.50. The van der Waals surface area contributed by atoms with E-state index in [-0.39, 0.29) is 0 Å². The molecule has 0 aliphatic rings. The first kappa shape index (κ1) is 22.9. The molecule has 0 aromatic heterocycles. The van der Waals surface area contributed by atoms with Crippen molar-refractivity contribution in [1.29, 1.82) is 0 Å². The predicted molar refractivity (Wildman–Crippen MR) is 89.4 cm³/mol. The highest BCUT2D eigenvalue weighted by molar-refractivity contribution is 4.94. The summed E-state index contributed by atoms with van der Waals surface area (Å²) in [5, 5.41) is 0. The lowest BCUT2D eigenvalue weighted by atomic mass is 10.1. The molecule has 0 fully saturated rings. The van der Waals surface area contributed by atoms with Crippen LogP contribution in [0.15, 0.2) is 11.6 Å². The summed E-state index contributed by atoms with van der Waals surface area (Å²) in [5.74, 6) is 0. The first-order valence-corrected chi connectivity index (χ1v) is 8.34. The van der Waals surface area contributed by atoms with Crippen molar-refractivity contribution in [3.05, 3.63) is 11.6 Å². The fraction of sp³-hybridized carbons (Fsp3) is 0.889. The molecule has 0 saturated heterocycles. The van der Waals surface area contributed by atoms with Gasteiger partial charge in [-0.25, -0.2) is 0 Å². The highest BCUT2D eigenvalue weighted by Gasteiger charge is 1.85. The molecular weight excluding hydrogens is 216 g/mol. The molecule has 0 atom stereocenters. The van der Waals surface area contributed by atoms with Crippen LogP contribution in [0.25, 0.3) is 0 Å². The summed E-state index contributed by atoms with van der Waals surface area (Å²) < 4.78 is 0. The topological polar surface area (TPSA) is 0 Å². The van der Waals surface area contributed by atoms with Crippen molar-refractivity contribution in [3.8, 4) is 0 Å². The third-order valence-corrected chi connectivity index (χ3v) is 2.84. The van der Waals surface area contributed by atoms with Gasteiger partial charge in [0, 0.05) is 0 Å². The van der Waals surface area contributed by atoms with Crippen molar-refractivity contribution in [2.45, 2.75) is 106 Å². The van der Waals surface area contributed by atoms with E-state index in [1.54, 1.807) is 0 Å². The van der Waals surface area contributed by atoms with Crippen molar-refractivity contribution in [2.24, 2.45) is 0 Å². The standard InChI is InChI=1S/C9H20.C7H14.C2H6/c1-3-5-7-9-8-6-4-2;1-4-6-7(3)5-2;1-2/h3-9H2,1-2H3;5H,4,6H2,1-3H3;1-2H3/b;7-5-;. The zero-order valence-corrected chi connectivity index (χ0v) is 14.4. The van der Waals surface area contributed by atoms with Crippen LogP contribution in [0, 0.1) is 0 Å². The minimum Gasteiger partial charge on any atom is -0.0887 e. The number of rotatable bonds is 8. The van der Waals surface area contributed by atoms with Crippen molar-refractivity contribution in [1.82, 2.24) is 0 Å². The average Bonchev–Trinajstić information content (AvgIpc) is 2.42. The molecule has 0 spiro atoms. The third kappa shape index (κ3) is 29.6. The SMILES string of the molecule is C/C=C(/C)CCC.CC.CCCCCCCCC. The number of allylic oxidation sites excluding steroid dienone is 2. The maximum absolute atomic E-state index is 2.26. The molecule has 0 unspecified atom stereocenters. The molecule has 0 heteroatoms. The van der Waals surface area contributed by atoms with Crippen LogP contribution in [0.2, 0.25) is 0 Å². The van der Waals surface area contributed by atoms with E-state index in [4.69, 9.17) is 0 Å². The summed E-state index contributed by atoms with van der Waals surface area (Å²) in [4.78, 5) is 0. The van der Waals surface area contributed by atoms with Gasteiger partial charge < -0.3 is 0 Å². The lowest BCUT2D eigenvalue weighted by Gasteiger charge is -1.96. The number of hydrogen-bond acceptors (Lipinski definition) is 0. The second-order valence-electron chi connectivity index (χ2n) is 4.65. The Balaban J connectivity index is -0.000000225. The Hall–Kier alpha value is -0.260. The van der Waals surface area contributed by atoms with Crippen molar-refractivity contribution in [2.75, 3.05) is 0 Å². The Morgan fingerprint density at radius 1 is 0.722 bits per heavy atom. The Morgan fingerprint density at radius 3 is 1.33 bits per heavy atom. The molecule has 0 aliphatic carbocycles. The zero-order chi connectivity index (χ0) is 14.6. The maximum atomic E-state index is 2.26. The van der Waals surface area contributed by atoms with Crippen LogP contribution in [0.5, 0.6) is 0 Å². The Morgan fingerprint density at radius 2 is 1.11 bits per heavy atom. The van der Waals surface area contributed by atoms with Crippen molar-refractivity contribution < 1.29 is 0 Å². The Labute approximate surface area is 118 Å². The van der Waals surface area contributed by atoms with Crippen LogP contribution >= 0.6 is 0 Å². The minimum atomic E-state index is 1.26. The quantitative estimate of drug-likeness (QED) is 0.311. The fourth-order valence-corrected chi connectivity index (χ4v) is 1.57. The highest BCUT2D eigenvalue weighted by Crippen LogP contribution is 2.05. The van der Waals surface area contributed by atoms with Gasteiger partial charge in [-0.3, -0.25) is 0 Å². The van der Waals surface area contributed by atoms with E-state index < -0.39 is 0 Å². The predicted octanol–water partition coefficient (Wildman–Crippen LogP) is 7.54. The monoisotopic (exact) mass is 256 g/mol. The van der Waals surface area contributed by atoms with Crippen LogP contribution in [-0.2, 0) is 0 Å². The Bertz CT molecular complexity index is 127. The van der Waals surface area contributed by atoms with E-state index in [1.165, 1.54) is 63.4 Å². The van der Waals surface area contributed by atoms with Gasteiger partial charge in [0.05, 0.1) is 0 Å². The molecule has 0 amide bonds. The summed E-state index contributed by atoms with van der Waals surface area (Å²) in [6.07, 6.45) is 14.7. The van der Waals surface area contributed by atoms with Gasteiger partial charge >= 0.3 is 0 Å². The van der Waals surface area contributed by atoms with Gasteiger partial charge in [-0.05, 0) is 20.3 Å². The van der Waals surface area contributed by atoms with Crippen LogP contribution in [0.3, 0.4) is 0 Å². The van der Waals surface area contributed by atoms with E-state index in [0.717, 1.165) is 0 Å². The second kappa shape index (κ2) is 25.6. The molecule has 0 aromatic carbocycles. The Kier molecular flexibility index (Phi) is 32.5. The zero-order valence-electron chi connectivity index (χ0n) is 14.4. The lowest BCUT2D eigenvalue weighted by Crippen LogP contribution is -1.76. The first-order chi connectivity index (χ1) is 8.72. The molecule has 0 N–H and O–H groups in total. The van der Waals surface area contributed by atoms with Gasteiger partial charge in [-0.15, -0.1) is 0 Å². The normalized spacial score (nSPS) is 10.1. The summed E-state index contributed by atoms with van der Waals surface area (Å²) in [6.45, 7) is 15.0. The summed E-state index contributed by atoms with van der Waals surface area (Å²) in [6, 6.07) is 0. The van der Waals surface area contributed by atoms with Crippen molar-refractivity contribution >= 4 is 0 Å². The number of unbranched alkanes of at least 4 members (excludes halogenated alkanes) is 6. The molecule has 0 radical (unpaired) electrons. The average molecular weight is 257 g/mol. The third-order valence-electron chi connectivity index (χ3n) is 2.84. The van der Waals surface area contributed by atoms with Gasteiger partial charge in [0.1, 0.15) is 0 Å². The van der Waals surface area contributed by atoms with Gasteiger partial charge in [0.25, 0.3) is 0 Å². The fourth-order valence-electron chi connectivity index (χ4n) is 1.57. The van der Waals surface area contributed by atoms with E-state index in [1.807, 2.05) is 13.8 Å². The molecule has 0 rings (SSSR count). The molecule has 112 valence electrons. The summed E-state index contributed by atoms with van der Waals surface area (Å²) >= 11 is 0. The van der Waals surface area contributed by atoms with E-state index >= 15 is 0 Å². The maximum Gasteiger partial charge on any atom is -0.0326 e.